The smallest absolute Gasteiger partial charge is 0.305 e. The fourth-order valence-electron chi connectivity index (χ4n) is 1.55. The van der Waals surface area contributed by atoms with E-state index >= 15 is 0 Å². The molecule has 0 saturated heterocycles. The van der Waals surface area contributed by atoms with Gasteiger partial charge in [0.1, 0.15) is 0 Å². The van der Waals surface area contributed by atoms with Gasteiger partial charge in [0.2, 0.25) is 0 Å². The molecule has 0 rings (SSSR count). The average molecular weight is 226 g/mol. The normalized spacial score (nSPS) is 12.2. The highest BCUT2D eigenvalue weighted by Crippen LogP contribution is 2.14. The van der Waals surface area contributed by atoms with Crippen LogP contribution in [-0.2, 0) is 9.53 Å². The summed E-state index contributed by atoms with van der Waals surface area (Å²) in [7, 11) is 0. The number of hydrogen-bond acceptors (Lipinski definition) is 2. The molecule has 1 atom stereocenters. The van der Waals surface area contributed by atoms with Crippen molar-refractivity contribution in [1.29, 1.82) is 0 Å². The van der Waals surface area contributed by atoms with Crippen molar-refractivity contribution in [3.8, 4) is 0 Å². The Morgan fingerprint density at radius 3 is 2.56 bits per heavy atom. The van der Waals surface area contributed by atoms with Crippen LogP contribution in [0, 0.1) is 5.92 Å². The lowest BCUT2D eigenvalue weighted by molar-refractivity contribution is -0.144. The zero-order valence-corrected chi connectivity index (χ0v) is 11.1. The van der Waals surface area contributed by atoms with Crippen LogP contribution in [0.3, 0.4) is 0 Å². The van der Waals surface area contributed by atoms with Crippen molar-refractivity contribution in [2.75, 3.05) is 6.61 Å². The Bertz CT molecular complexity index is 209. The van der Waals surface area contributed by atoms with Crippen LogP contribution >= 0.6 is 0 Å². The largest absolute Gasteiger partial charge is 0.466 e. The summed E-state index contributed by atoms with van der Waals surface area (Å²) in [5, 5.41) is 0. The molecule has 1 unspecified atom stereocenters. The molecule has 0 aliphatic heterocycles. The van der Waals surface area contributed by atoms with E-state index in [0.29, 0.717) is 18.9 Å². The number of hydrogen-bond donors (Lipinski definition) is 0. The number of carbonyl (C=O) groups excluding carboxylic acids is 1. The van der Waals surface area contributed by atoms with Crippen LogP contribution in [0.15, 0.2) is 12.2 Å². The van der Waals surface area contributed by atoms with Crippen molar-refractivity contribution in [3.05, 3.63) is 12.2 Å². The van der Waals surface area contributed by atoms with Crippen molar-refractivity contribution >= 4 is 5.97 Å². The van der Waals surface area contributed by atoms with Gasteiger partial charge in [-0.25, -0.2) is 0 Å². The summed E-state index contributed by atoms with van der Waals surface area (Å²) in [6, 6.07) is 0. The van der Waals surface area contributed by atoms with Crippen LogP contribution in [0.25, 0.3) is 0 Å². The molecule has 0 fully saturated rings. The summed E-state index contributed by atoms with van der Waals surface area (Å²) in [4.78, 5) is 11.1. The lowest BCUT2D eigenvalue weighted by atomic mass is 9.99. The molecule has 0 aromatic rings. The Morgan fingerprint density at radius 2 is 2.00 bits per heavy atom. The monoisotopic (exact) mass is 226 g/mol. The van der Waals surface area contributed by atoms with Crippen LogP contribution in [-0.4, -0.2) is 12.6 Å². The molecule has 0 aromatic carbocycles. The van der Waals surface area contributed by atoms with Gasteiger partial charge in [-0.3, -0.25) is 4.79 Å². The highest BCUT2D eigenvalue weighted by Gasteiger charge is 2.05. The molecular weight excluding hydrogens is 200 g/mol. The third-order valence-electron chi connectivity index (χ3n) is 2.63. The number of rotatable bonds is 9. The SMILES string of the molecule is C=C(C)CCCC(C)CCOC(=O)CCC. The van der Waals surface area contributed by atoms with E-state index in [9.17, 15) is 4.79 Å². The molecule has 0 saturated carbocycles. The Labute approximate surface area is 100 Å². The van der Waals surface area contributed by atoms with E-state index in [1.807, 2.05) is 6.92 Å². The van der Waals surface area contributed by atoms with Crippen LogP contribution in [0.5, 0.6) is 0 Å². The summed E-state index contributed by atoms with van der Waals surface area (Å²) in [6.07, 6.45) is 5.89. The lowest BCUT2D eigenvalue weighted by Crippen LogP contribution is -2.08. The molecule has 0 aliphatic rings. The third kappa shape index (κ3) is 9.75. The molecule has 0 heterocycles. The van der Waals surface area contributed by atoms with Crippen molar-refractivity contribution in [2.45, 2.75) is 59.3 Å². The van der Waals surface area contributed by atoms with Crippen molar-refractivity contribution in [3.63, 3.8) is 0 Å². The minimum absolute atomic E-state index is 0.0587. The van der Waals surface area contributed by atoms with Gasteiger partial charge in [0, 0.05) is 6.42 Å². The van der Waals surface area contributed by atoms with Gasteiger partial charge in [-0.2, -0.15) is 0 Å². The van der Waals surface area contributed by atoms with Gasteiger partial charge >= 0.3 is 5.97 Å². The van der Waals surface area contributed by atoms with Crippen molar-refractivity contribution < 1.29 is 9.53 Å². The first-order valence-electron chi connectivity index (χ1n) is 6.36. The Kier molecular flexibility index (Phi) is 8.97. The number of esters is 1. The summed E-state index contributed by atoms with van der Waals surface area (Å²) in [6.45, 7) is 10.7. The van der Waals surface area contributed by atoms with E-state index in [0.717, 1.165) is 19.3 Å². The van der Waals surface area contributed by atoms with E-state index in [1.54, 1.807) is 0 Å². The quantitative estimate of drug-likeness (QED) is 0.437. The second-order valence-corrected chi connectivity index (χ2v) is 4.71. The predicted octanol–water partition coefficient (Wildman–Crippen LogP) is 4.10. The Morgan fingerprint density at radius 1 is 1.31 bits per heavy atom. The maximum Gasteiger partial charge on any atom is 0.305 e. The molecule has 16 heavy (non-hydrogen) atoms. The van der Waals surface area contributed by atoms with Gasteiger partial charge in [0.25, 0.3) is 0 Å². The van der Waals surface area contributed by atoms with E-state index in [2.05, 4.69) is 20.4 Å². The fraction of sp³-hybridized carbons (Fsp3) is 0.786. The van der Waals surface area contributed by atoms with Crippen LogP contribution in [0.4, 0.5) is 0 Å². The summed E-state index contributed by atoms with van der Waals surface area (Å²) < 4.78 is 5.12. The minimum Gasteiger partial charge on any atom is -0.466 e. The molecule has 0 amide bonds. The summed E-state index contributed by atoms with van der Waals surface area (Å²) in [5.41, 5.74) is 1.25. The summed E-state index contributed by atoms with van der Waals surface area (Å²) >= 11 is 0. The Balaban J connectivity index is 3.39. The van der Waals surface area contributed by atoms with E-state index in [-0.39, 0.29) is 5.97 Å². The van der Waals surface area contributed by atoms with Gasteiger partial charge in [-0.15, -0.1) is 6.58 Å². The predicted molar refractivity (Wildman–Crippen MR) is 68.3 cm³/mol. The van der Waals surface area contributed by atoms with Crippen LogP contribution in [0.2, 0.25) is 0 Å². The first kappa shape index (κ1) is 15.2. The standard InChI is InChI=1S/C14H26O2/c1-5-7-14(15)16-11-10-13(4)9-6-8-12(2)3/h13H,2,5-11H2,1,3-4H3. The number of ether oxygens (including phenoxy) is 1. The fourth-order valence-corrected chi connectivity index (χ4v) is 1.55. The van der Waals surface area contributed by atoms with Gasteiger partial charge in [-0.1, -0.05) is 25.8 Å². The molecule has 2 nitrogen and oxygen atoms in total. The van der Waals surface area contributed by atoms with Crippen molar-refractivity contribution in [1.82, 2.24) is 0 Å². The molecular formula is C14H26O2. The molecule has 0 aliphatic carbocycles. The molecule has 0 radical (unpaired) electrons. The third-order valence-corrected chi connectivity index (χ3v) is 2.63. The highest BCUT2D eigenvalue weighted by molar-refractivity contribution is 5.69. The van der Waals surface area contributed by atoms with Crippen LogP contribution < -0.4 is 0 Å². The zero-order chi connectivity index (χ0) is 12.4. The minimum atomic E-state index is -0.0587. The zero-order valence-electron chi connectivity index (χ0n) is 11.1. The maximum atomic E-state index is 11.1. The molecule has 0 N–H and O–H groups in total. The maximum absolute atomic E-state index is 11.1. The molecule has 0 bridgehead atoms. The molecule has 0 aromatic heterocycles. The lowest BCUT2D eigenvalue weighted by Gasteiger charge is -2.11. The van der Waals surface area contributed by atoms with Gasteiger partial charge in [0.15, 0.2) is 0 Å². The molecule has 94 valence electrons. The van der Waals surface area contributed by atoms with Gasteiger partial charge in [-0.05, 0) is 38.5 Å². The van der Waals surface area contributed by atoms with E-state index < -0.39 is 0 Å². The van der Waals surface area contributed by atoms with Gasteiger partial charge < -0.3 is 4.74 Å². The first-order valence-corrected chi connectivity index (χ1v) is 6.36. The van der Waals surface area contributed by atoms with E-state index in [1.165, 1.54) is 18.4 Å². The van der Waals surface area contributed by atoms with Crippen LogP contribution in [0.1, 0.15) is 59.3 Å². The van der Waals surface area contributed by atoms with Crippen molar-refractivity contribution in [2.24, 2.45) is 5.92 Å². The Hall–Kier alpha value is -0.790. The highest BCUT2D eigenvalue weighted by atomic mass is 16.5. The number of carbonyl (C=O) groups is 1. The second kappa shape index (κ2) is 9.44. The average Bonchev–Trinajstić information content (AvgIpc) is 2.17. The second-order valence-electron chi connectivity index (χ2n) is 4.71. The first-order chi connectivity index (χ1) is 7.56. The van der Waals surface area contributed by atoms with Gasteiger partial charge in [0.05, 0.1) is 6.61 Å². The topological polar surface area (TPSA) is 26.3 Å². The van der Waals surface area contributed by atoms with E-state index in [4.69, 9.17) is 4.74 Å². The molecule has 2 heteroatoms. The summed E-state index contributed by atoms with van der Waals surface area (Å²) in [5.74, 6) is 0.574. The molecule has 0 spiro atoms. The number of allylic oxidation sites excluding steroid dienone is 1.